The van der Waals surface area contributed by atoms with Crippen LogP contribution >= 0.6 is 0 Å². The predicted octanol–water partition coefficient (Wildman–Crippen LogP) is 2.29. The van der Waals surface area contributed by atoms with Crippen molar-refractivity contribution in [3.05, 3.63) is 0 Å². The fraction of sp³-hybridized carbons (Fsp3) is 0.917. The summed E-state index contributed by atoms with van der Waals surface area (Å²) in [5.41, 5.74) is -0.260. The Kier molecular flexibility index (Phi) is 2.34. The van der Waals surface area contributed by atoms with E-state index >= 15 is 0 Å². The molecule has 0 amide bonds. The molecular formula is C12H20O3. The third kappa shape index (κ3) is 1.89. The second-order valence-electron chi connectivity index (χ2n) is 5.65. The number of hydrogen-bond donors (Lipinski definition) is 0. The van der Waals surface area contributed by atoms with Crippen LogP contribution in [0.2, 0.25) is 0 Å². The van der Waals surface area contributed by atoms with E-state index in [1.165, 1.54) is 6.92 Å². The first-order valence-electron chi connectivity index (χ1n) is 5.70. The molecule has 3 nitrogen and oxygen atoms in total. The van der Waals surface area contributed by atoms with Gasteiger partial charge in [0.15, 0.2) is 0 Å². The van der Waals surface area contributed by atoms with Crippen molar-refractivity contribution in [1.82, 2.24) is 0 Å². The molecule has 0 unspecified atom stereocenters. The maximum absolute atomic E-state index is 11.0. The molecule has 0 aromatic heterocycles. The molecule has 86 valence electrons. The Morgan fingerprint density at radius 1 is 1.40 bits per heavy atom. The number of carbonyl (C=O) groups excluding carboxylic acids is 1. The van der Waals surface area contributed by atoms with Crippen molar-refractivity contribution in [1.29, 1.82) is 0 Å². The highest BCUT2D eigenvalue weighted by Crippen LogP contribution is 2.50. The van der Waals surface area contributed by atoms with Crippen molar-refractivity contribution < 1.29 is 14.3 Å². The molecule has 2 aliphatic heterocycles. The summed E-state index contributed by atoms with van der Waals surface area (Å²) in [6.07, 6.45) is 3.08. The summed E-state index contributed by atoms with van der Waals surface area (Å²) in [5.74, 6) is 0.176. The van der Waals surface area contributed by atoms with E-state index in [0.717, 1.165) is 19.3 Å². The Morgan fingerprint density at radius 3 is 2.53 bits per heavy atom. The first kappa shape index (κ1) is 10.9. The fourth-order valence-electron chi connectivity index (χ4n) is 3.25. The lowest BCUT2D eigenvalue weighted by atomic mass is 9.67. The summed E-state index contributed by atoms with van der Waals surface area (Å²) in [7, 11) is 0. The lowest BCUT2D eigenvalue weighted by molar-refractivity contribution is -0.267. The van der Waals surface area contributed by atoms with E-state index < -0.39 is 0 Å². The molecule has 0 N–H and O–H groups in total. The average molecular weight is 212 g/mol. The Balaban J connectivity index is 2.19. The molecule has 0 aromatic rings. The average Bonchev–Trinajstić information content (AvgIpc) is 1.97. The molecular weight excluding hydrogens is 192 g/mol. The van der Waals surface area contributed by atoms with Crippen LogP contribution in [0.15, 0.2) is 0 Å². The van der Waals surface area contributed by atoms with E-state index in [1.807, 2.05) is 0 Å². The van der Waals surface area contributed by atoms with Gasteiger partial charge >= 0.3 is 5.97 Å². The normalized spacial score (nSPS) is 42.7. The van der Waals surface area contributed by atoms with E-state index in [0.29, 0.717) is 5.92 Å². The standard InChI is InChI=1S/C12H20O3/c1-8(13)14-10-7-12(4)6-5-9(10)11(2,3)15-12/h9-10H,5-7H2,1-4H3/t9-,10+,12-/m1/s1. The summed E-state index contributed by atoms with van der Waals surface area (Å²) in [6, 6.07) is 0. The van der Waals surface area contributed by atoms with Gasteiger partial charge in [-0.05, 0) is 33.6 Å². The van der Waals surface area contributed by atoms with Crippen molar-refractivity contribution in [3.8, 4) is 0 Å². The zero-order valence-electron chi connectivity index (χ0n) is 10.0. The molecule has 3 aliphatic rings. The summed E-state index contributed by atoms with van der Waals surface area (Å²) >= 11 is 0. The van der Waals surface area contributed by atoms with Gasteiger partial charge in [-0.1, -0.05) is 0 Å². The number of rotatable bonds is 1. The van der Waals surface area contributed by atoms with E-state index in [-0.39, 0.29) is 23.3 Å². The van der Waals surface area contributed by atoms with Crippen LogP contribution in [0.5, 0.6) is 0 Å². The molecule has 0 aromatic carbocycles. The zero-order chi connectivity index (χ0) is 11.3. The van der Waals surface area contributed by atoms with Gasteiger partial charge in [-0.3, -0.25) is 4.79 Å². The van der Waals surface area contributed by atoms with Crippen LogP contribution in [-0.2, 0) is 14.3 Å². The lowest BCUT2D eigenvalue weighted by Crippen LogP contribution is -2.60. The van der Waals surface area contributed by atoms with Crippen LogP contribution in [0, 0.1) is 5.92 Å². The zero-order valence-corrected chi connectivity index (χ0v) is 10.0. The minimum absolute atomic E-state index is 0.0463. The van der Waals surface area contributed by atoms with Gasteiger partial charge in [0.1, 0.15) is 6.10 Å². The molecule has 3 fully saturated rings. The van der Waals surface area contributed by atoms with Gasteiger partial charge in [0.25, 0.3) is 0 Å². The number of carbonyl (C=O) groups is 1. The molecule has 1 saturated carbocycles. The summed E-state index contributed by atoms with van der Waals surface area (Å²) in [6.45, 7) is 7.81. The smallest absolute Gasteiger partial charge is 0.302 e. The summed E-state index contributed by atoms with van der Waals surface area (Å²) < 4.78 is 11.5. The Labute approximate surface area is 91.1 Å². The van der Waals surface area contributed by atoms with Crippen LogP contribution in [0.4, 0.5) is 0 Å². The molecule has 0 radical (unpaired) electrons. The van der Waals surface area contributed by atoms with Crippen molar-refractivity contribution in [2.24, 2.45) is 5.92 Å². The quantitative estimate of drug-likeness (QED) is 0.625. The highest BCUT2D eigenvalue weighted by atomic mass is 16.6. The van der Waals surface area contributed by atoms with Gasteiger partial charge in [-0.2, -0.15) is 0 Å². The van der Waals surface area contributed by atoms with Gasteiger partial charge in [-0.25, -0.2) is 0 Å². The van der Waals surface area contributed by atoms with E-state index in [9.17, 15) is 4.79 Å². The summed E-state index contributed by atoms with van der Waals surface area (Å²) in [4.78, 5) is 11.0. The van der Waals surface area contributed by atoms with Crippen molar-refractivity contribution in [3.63, 3.8) is 0 Å². The molecule has 15 heavy (non-hydrogen) atoms. The molecule has 3 atom stereocenters. The maximum Gasteiger partial charge on any atom is 0.302 e. The maximum atomic E-state index is 11.0. The van der Waals surface area contributed by atoms with Crippen molar-refractivity contribution in [2.45, 2.75) is 64.3 Å². The summed E-state index contributed by atoms with van der Waals surface area (Å²) in [5, 5.41) is 0. The topological polar surface area (TPSA) is 35.5 Å². The largest absolute Gasteiger partial charge is 0.462 e. The minimum Gasteiger partial charge on any atom is -0.462 e. The van der Waals surface area contributed by atoms with E-state index in [4.69, 9.17) is 9.47 Å². The third-order valence-corrected chi connectivity index (χ3v) is 3.79. The van der Waals surface area contributed by atoms with Gasteiger partial charge in [0.2, 0.25) is 0 Å². The van der Waals surface area contributed by atoms with Crippen LogP contribution in [0.25, 0.3) is 0 Å². The Bertz CT molecular complexity index is 282. The van der Waals surface area contributed by atoms with Gasteiger partial charge in [0, 0.05) is 19.3 Å². The predicted molar refractivity (Wildman–Crippen MR) is 56.5 cm³/mol. The van der Waals surface area contributed by atoms with Crippen LogP contribution in [0.1, 0.15) is 47.0 Å². The minimum atomic E-state index is -0.174. The second kappa shape index (κ2) is 3.21. The van der Waals surface area contributed by atoms with Gasteiger partial charge < -0.3 is 9.47 Å². The first-order chi connectivity index (χ1) is 6.82. The lowest BCUT2D eigenvalue weighted by Gasteiger charge is -2.56. The van der Waals surface area contributed by atoms with Crippen LogP contribution in [-0.4, -0.2) is 23.3 Å². The van der Waals surface area contributed by atoms with Gasteiger partial charge in [-0.15, -0.1) is 0 Å². The molecule has 1 aliphatic carbocycles. The highest BCUT2D eigenvalue weighted by Gasteiger charge is 2.54. The van der Waals surface area contributed by atoms with Crippen LogP contribution < -0.4 is 0 Å². The van der Waals surface area contributed by atoms with Crippen molar-refractivity contribution in [2.75, 3.05) is 0 Å². The highest BCUT2D eigenvalue weighted by molar-refractivity contribution is 5.66. The Morgan fingerprint density at radius 2 is 2.07 bits per heavy atom. The molecule has 0 spiro atoms. The first-order valence-corrected chi connectivity index (χ1v) is 5.70. The molecule has 3 rings (SSSR count). The van der Waals surface area contributed by atoms with Crippen LogP contribution in [0.3, 0.4) is 0 Å². The molecule has 2 bridgehead atoms. The molecule has 3 heteroatoms. The molecule has 2 heterocycles. The number of hydrogen-bond acceptors (Lipinski definition) is 3. The second-order valence-corrected chi connectivity index (χ2v) is 5.65. The molecule has 2 saturated heterocycles. The third-order valence-electron chi connectivity index (χ3n) is 3.79. The van der Waals surface area contributed by atoms with Crippen molar-refractivity contribution >= 4 is 5.97 Å². The number of esters is 1. The number of fused-ring (bicyclic) bond motifs is 3. The Hall–Kier alpha value is -0.570. The fourth-order valence-corrected chi connectivity index (χ4v) is 3.25. The monoisotopic (exact) mass is 212 g/mol. The van der Waals surface area contributed by atoms with E-state index in [2.05, 4.69) is 20.8 Å². The number of ether oxygens (including phenoxy) is 2. The van der Waals surface area contributed by atoms with E-state index in [1.54, 1.807) is 0 Å². The van der Waals surface area contributed by atoms with Gasteiger partial charge in [0.05, 0.1) is 11.2 Å². The SMILES string of the molecule is CC(=O)O[C@H]1C[C@@]2(C)CC[C@H]1C(C)(C)O2.